The number of aromatic nitrogens is 1. The van der Waals surface area contributed by atoms with Crippen LogP contribution in [0.2, 0.25) is 0 Å². The number of rotatable bonds is 3. The molecule has 0 spiro atoms. The second-order valence-corrected chi connectivity index (χ2v) is 3.92. The Morgan fingerprint density at radius 1 is 1.26 bits per heavy atom. The van der Waals surface area contributed by atoms with Crippen molar-refractivity contribution in [1.82, 2.24) is 4.98 Å². The van der Waals surface area contributed by atoms with E-state index in [4.69, 9.17) is 20.5 Å². The van der Waals surface area contributed by atoms with Crippen molar-refractivity contribution in [1.29, 1.82) is 5.26 Å². The maximum atomic E-state index is 9.02. The molecule has 0 amide bonds. The van der Waals surface area contributed by atoms with Crippen LogP contribution >= 0.6 is 0 Å². The average molecular weight is 255 g/mol. The van der Waals surface area contributed by atoms with Gasteiger partial charge in [-0.2, -0.15) is 5.26 Å². The lowest BCUT2D eigenvalue weighted by Gasteiger charge is -2.10. The predicted molar refractivity (Wildman–Crippen MR) is 71.2 cm³/mol. The Morgan fingerprint density at radius 2 is 2.05 bits per heavy atom. The van der Waals surface area contributed by atoms with E-state index < -0.39 is 0 Å². The third kappa shape index (κ3) is 2.75. The highest BCUT2D eigenvalue weighted by molar-refractivity contribution is 5.57. The van der Waals surface area contributed by atoms with Gasteiger partial charge in [0, 0.05) is 11.8 Å². The van der Waals surface area contributed by atoms with Crippen molar-refractivity contribution in [3.05, 3.63) is 41.6 Å². The van der Waals surface area contributed by atoms with Gasteiger partial charge in [-0.3, -0.25) is 0 Å². The molecule has 96 valence electrons. The molecule has 1 heterocycles. The maximum Gasteiger partial charge on any atom is 0.237 e. The van der Waals surface area contributed by atoms with Crippen molar-refractivity contribution in [3.8, 4) is 23.4 Å². The first-order valence-electron chi connectivity index (χ1n) is 5.63. The molecular weight excluding hydrogens is 242 g/mol. The molecule has 0 aliphatic rings. The number of nitrogens with zero attached hydrogens (tertiary/aromatic N) is 2. The highest BCUT2D eigenvalue weighted by atomic mass is 16.5. The minimum Gasteiger partial charge on any atom is -0.497 e. The van der Waals surface area contributed by atoms with E-state index in [9.17, 15) is 0 Å². The van der Waals surface area contributed by atoms with Crippen molar-refractivity contribution in [2.75, 3.05) is 12.8 Å². The second-order valence-electron chi connectivity index (χ2n) is 3.92. The molecule has 5 heteroatoms. The molecule has 0 unspecified atom stereocenters. The van der Waals surface area contributed by atoms with E-state index in [-0.39, 0.29) is 5.88 Å². The van der Waals surface area contributed by atoms with Crippen molar-refractivity contribution in [2.45, 2.75) is 6.92 Å². The third-order valence-electron chi connectivity index (χ3n) is 2.54. The molecule has 0 bridgehead atoms. The van der Waals surface area contributed by atoms with E-state index in [1.165, 1.54) is 0 Å². The fourth-order valence-electron chi connectivity index (χ4n) is 1.55. The first-order chi connectivity index (χ1) is 9.13. The Labute approximate surface area is 111 Å². The highest BCUT2D eigenvalue weighted by Gasteiger charge is 2.09. The molecule has 0 radical (unpaired) electrons. The molecule has 0 fully saturated rings. The van der Waals surface area contributed by atoms with Crippen LogP contribution < -0.4 is 15.2 Å². The van der Waals surface area contributed by atoms with E-state index in [1.807, 2.05) is 13.0 Å². The lowest BCUT2D eigenvalue weighted by Crippen LogP contribution is -1.97. The van der Waals surface area contributed by atoms with Crippen LogP contribution in [0.25, 0.3) is 0 Å². The van der Waals surface area contributed by atoms with Gasteiger partial charge < -0.3 is 15.2 Å². The zero-order valence-corrected chi connectivity index (χ0v) is 10.7. The number of anilines is 1. The van der Waals surface area contributed by atoms with Gasteiger partial charge in [0.25, 0.3) is 0 Å². The highest BCUT2D eigenvalue weighted by Crippen LogP contribution is 2.31. The summed E-state index contributed by atoms with van der Waals surface area (Å²) in [4.78, 5) is 4.19. The summed E-state index contributed by atoms with van der Waals surface area (Å²) in [5.41, 5.74) is 7.41. The molecular formula is C14H13N3O2. The number of nitrogen functional groups attached to an aromatic ring is 1. The summed E-state index contributed by atoms with van der Waals surface area (Å²) in [5, 5.41) is 9.02. The Balaban J connectivity index is 2.36. The molecule has 0 aliphatic carbocycles. The van der Waals surface area contributed by atoms with Crippen molar-refractivity contribution < 1.29 is 9.47 Å². The minimum atomic E-state index is 0.249. The van der Waals surface area contributed by atoms with Crippen LogP contribution in [0.5, 0.6) is 17.4 Å². The Morgan fingerprint density at radius 3 is 2.68 bits per heavy atom. The van der Waals surface area contributed by atoms with Crippen LogP contribution in [0.1, 0.15) is 11.3 Å². The molecule has 5 nitrogen and oxygen atoms in total. The van der Waals surface area contributed by atoms with Gasteiger partial charge in [0.2, 0.25) is 5.88 Å². The van der Waals surface area contributed by atoms with Crippen LogP contribution in [0.3, 0.4) is 0 Å². The maximum absolute atomic E-state index is 9.02. The van der Waals surface area contributed by atoms with Crippen LogP contribution in [0, 0.1) is 18.3 Å². The van der Waals surface area contributed by atoms with Crippen molar-refractivity contribution >= 4 is 5.69 Å². The number of hydrogen-bond acceptors (Lipinski definition) is 5. The SMILES string of the molecule is COc1ccc(Oc2nc(C)ccc2C#N)c(N)c1. The van der Waals surface area contributed by atoms with E-state index in [0.717, 1.165) is 5.69 Å². The van der Waals surface area contributed by atoms with Crippen LogP contribution in [-0.4, -0.2) is 12.1 Å². The summed E-state index contributed by atoms with van der Waals surface area (Å²) < 4.78 is 10.7. The van der Waals surface area contributed by atoms with Crippen LogP contribution in [0.4, 0.5) is 5.69 Å². The van der Waals surface area contributed by atoms with E-state index in [1.54, 1.807) is 37.4 Å². The van der Waals surface area contributed by atoms with Gasteiger partial charge in [0.1, 0.15) is 17.4 Å². The average Bonchev–Trinajstić information content (AvgIpc) is 2.41. The summed E-state index contributed by atoms with van der Waals surface area (Å²) >= 11 is 0. The molecule has 2 rings (SSSR count). The molecule has 0 saturated heterocycles. The summed E-state index contributed by atoms with van der Waals surface area (Å²) in [7, 11) is 1.56. The number of nitrogens with two attached hydrogens (primary N) is 1. The first kappa shape index (κ1) is 12.7. The fourth-order valence-corrected chi connectivity index (χ4v) is 1.55. The van der Waals surface area contributed by atoms with Gasteiger partial charge in [-0.15, -0.1) is 0 Å². The lowest BCUT2D eigenvalue weighted by molar-refractivity contribution is 0.412. The van der Waals surface area contributed by atoms with E-state index in [2.05, 4.69) is 4.98 Å². The number of ether oxygens (including phenoxy) is 2. The van der Waals surface area contributed by atoms with Gasteiger partial charge in [-0.1, -0.05) is 0 Å². The molecule has 19 heavy (non-hydrogen) atoms. The van der Waals surface area contributed by atoms with E-state index in [0.29, 0.717) is 22.7 Å². The molecule has 0 aliphatic heterocycles. The predicted octanol–water partition coefficient (Wildman–Crippen LogP) is 2.64. The van der Waals surface area contributed by atoms with Crippen LogP contribution in [-0.2, 0) is 0 Å². The summed E-state index contributed by atoms with van der Waals surface area (Å²) in [6.45, 7) is 1.82. The molecule has 0 saturated carbocycles. The zero-order valence-electron chi connectivity index (χ0n) is 10.7. The summed E-state index contributed by atoms with van der Waals surface area (Å²) in [5.74, 6) is 1.33. The van der Waals surface area contributed by atoms with Gasteiger partial charge in [-0.05, 0) is 31.2 Å². The van der Waals surface area contributed by atoms with Gasteiger partial charge >= 0.3 is 0 Å². The summed E-state index contributed by atoms with van der Waals surface area (Å²) in [6.07, 6.45) is 0. The normalized spacial score (nSPS) is 9.74. The molecule has 2 N–H and O–H groups in total. The largest absolute Gasteiger partial charge is 0.497 e. The summed E-state index contributed by atoms with van der Waals surface area (Å²) in [6, 6.07) is 10.5. The Kier molecular flexibility index (Phi) is 3.53. The van der Waals surface area contributed by atoms with Gasteiger partial charge in [0.05, 0.1) is 12.8 Å². The first-order valence-corrected chi connectivity index (χ1v) is 5.63. The van der Waals surface area contributed by atoms with E-state index >= 15 is 0 Å². The van der Waals surface area contributed by atoms with Crippen molar-refractivity contribution in [2.24, 2.45) is 0 Å². The minimum absolute atomic E-state index is 0.249. The molecule has 2 aromatic rings. The lowest BCUT2D eigenvalue weighted by atomic mass is 10.2. The standard InChI is InChI=1S/C14H13N3O2/c1-9-3-4-10(8-15)14(17-9)19-13-6-5-11(18-2)7-12(13)16/h3-7H,16H2,1-2H3. The number of nitriles is 1. The topological polar surface area (TPSA) is 81.2 Å². The number of methoxy groups -OCH3 is 1. The molecule has 1 aromatic heterocycles. The number of benzene rings is 1. The van der Waals surface area contributed by atoms with Crippen molar-refractivity contribution in [3.63, 3.8) is 0 Å². The number of pyridine rings is 1. The molecule has 1 aromatic carbocycles. The third-order valence-corrected chi connectivity index (χ3v) is 2.54. The number of aryl methyl sites for hydroxylation is 1. The zero-order chi connectivity index (χ0) is 13.8. The van der Waals surface area contributed by atoms with Gasteiger partial charge in [-0.25, -0.2) is 4.98 Å². The monoisotopic (exact) mass is 255 g/mol. The van der Waals surface area contributed by atoms with Gasteiger partial charge in [0.15, 0.2) is 5.75 Å². The Hall–Kier alpha value is -2.74. The molecule has 0 atom stereocenters. The Bertz CT molecular complexity index is 648. The quantitative estimate of drug-likeness (QED) is 0.852. The second kappa shape index (κ2) is 5.27. The number of hydrogen-bond donors (Lipinski definition) is 1. The fraction of sp³-hybridized carbons (Fsp3) is 0.143. The smallest absolute Gasteiger partial charge is 0.237 e. The van der Waals surface area contributed by atoms with Crippen LogP contribution in [0.15, 0.2) is 30.3 Å².